The number of carbonyl (C=O) groups is 1. The second kappa shape index (κ2) is 2.69. The van der Waals surface area contributed by atoms with E-state index in [1.54, 1.807) is 6.07 Å². The Morgan fingerprint density at radius 2 is 2.50 bits per heavy atom. The lowest BCUT2D eigenvalue weighted by molar-refractivity contribution is 0.112. The Balaban J connectivity index is 3.24. The van der Waals surface area contributed by atoms with E-state index in [0.29, 0.717) is 6.29 Å². The Bertz CT molecular complexity index is 289. The summed E-state index contributed by atoms with van der Waals surface area (Å²) in [4.78, 5) is 17.3. The van der Waals surface area contributed by atoms with Gasteiger partial charge in [-0.05, 0) is 0 Å². The molecule has 0 atom stereocenters. The highest BCUT2D eigenvalue weighted by Crippen LogP contribution is 1.95. The summed E-state index contributed by atoms with van der Waals surface area (Å²) in [5, 5.41) is 8.35. The molecule has 0 aliphatic heterocycles. The third-order valence-electron chi connectivity index (χ3n) is 0.973. The van der Waals surface area contributed by atoms with Gasteiger partial charge in [0, 0.05) is 6.20 Å². The van der Waals surface area contributed by atoms with Gasteiger partial charge in [-0.25, -0.2) is 9.97 Å². The molecule has 0 amide bonds. The molecule has 0 aliphatic carbocycles. The zero-order chi connectivity index (χ0) is 7.40. The first-order valence-electron chi connectivity index (χ1n) is 2.53. The van der Waals surface area contributed by atoms with Crippen molar-refractivity contribution in [3.05, 3.63) is 23.8 Å². The number of nitrogens with zero attached hydrogens (tertiary/aromatic N) is 3. The van der Waals surface area contributed by atoms with E-state index in [2.05, 4.69) is 9.97 Å². The normalized spacial score (nSPS) is 8.30. The molecule has 1 heterocycles. The van der Waals surface area contributed by atoms with Crippen LogP contribution in [0, 0.1) is 11.3 Å². The van der Waals surface area contributed by atoms with Gasteiger partial charge in [-0.1, -0.05) is 0 Å². The molecule has 1 rings (SSSR count). The average Bonchev–Trinajstić information content (AvgIpc) is 2.04. The first-order valence-corrected chi connectivity index (χ1v) is 2.53. The summed E-state index contributed by atoms with van der Waals surface area (Å²) in [5.74, 6) is 0. The third-order valence-corrected chi connectivity index (χ3v) is 0.973. The minimum Gasteiger partial charge on any atom is -0.298 e. The smallest absolute Gasteiger partial charge is 0.154 e. The van der Waals surface area contributed by atoms with Crippen molar-refractivity contribution in [2.45, 2.75) is 0 Å². The van der Waals surface area contributed by atoms with Crippen LogP contribution in [0.25, 0.3) is 0 Å². The van der Waals surface area contributed by atoms with E-state index >= 15 is 0 Å². The molecule has 0 saturated heterocycles. The van der Waals surface area contributed by atoms with Crippen molar-refractivity contribution >= 4 is 6.29 Å². The summed E-state index contributed by atoms with van der Waals surface area (Å²) in [6, 6.07) is 1.76. The van der Waals surface area contributed by atoms with Crippen LogP contribution < -0.4 is 0 Å². The molecule has 0 spiro atoms. The number of rotatable bonds is 1. The van der Waals surface area contributed by atoms with Crippen LogP contribution in [-0.2, 0) is 0 Å². The summed E-state index contributed by atoms with van der Waals surface area (Å²) in [7, 11) is 0. The number of aromatic nitrogens is 2. The predicted octanol–water partition coefficient (Wildman–Crippen LogP) is 0.161. The molecule has 0 bridgehead atoms. The van der Waals surface area contributed by atoms with Gasteiger partial charge in [0.25, 0.3) is 0 Å². The highest BCUT2D eigenvalue weighted by molar-refractivity contribution is 5.77. The van der Waals surface area contributed by atoms with Crippen LogP contribution >= 0.6 is 0 Å². The molecule has 0 N–H and O–H groups in total. The van der Waals surface area contributed by atoms with E-state index in [1.807, 2.05) is 0 Å². The van der Waals surface area contributed by atoms with E-state index < -0.39 is 0 Å². The molecule has 4 heteroatoms. The Hall–Kier alpha value is -1.76. The highest BCUT2D eigenvalue weighted by atomic mass is 16.1. The maximum atomic E-state index is 10.2. The highest BCUT2D eigenvalue weighted by Gasteiger charge is 1.98. The standard InChI is InChI=1S/C6H3N3O/c7-1-6-5(3-10)2-8-4-9-6/h2-4H. The summed E-state index contributed by atoms with van der Waals surface area (Å²) in [6.45, 7) is 0. The maximum absolute atomic E-state index is 10.2. The van der Waals surface area contributed by atoms with Gasteiger partial charge in [-0.15, -0.1) is 0 Å². The van der Waals surface area contributed by atoms with Crippen LogP contribution in [0.2, 0.25) is 0 Å². The van der Waals surface area contributed by atoms with E-state index in [4.69, 9.17) is 5.26 Å². The molecule has 0 aromatic carbocycles. The molecule has 1 aromatic rings. The van der Waals surface area contributed by atoms with Gasteiger partial charge in [0.2, 0.25) is 0 Å². The largest absolute Gasteiger partial charge is 0.298 e. The number of nitriles is 1. The molecule has 0 saturated carbocycles. The van der Waals surface area contributed by atoms with Gasteiger partial charge in [0.05, 0.1) is 5.56 Å². The van der Waals surface area contributed by atoms with Gasteiger partial charge in [-0.2, -0.15) is 5.26 Å². The minimum absolute atomic E-state index is 0.116. The first-order chi connectivity index (χ1) is 4.88. The molecular formula is C6H3N3O. The Morgan fingerprint density at radius 3 is 3.00 bits per heavy atom. The fourth-order valence-electron chi connectivity index (χ4n) is 0.520. The van der Waals surface area contributed by atoms with Crippen molar-refractivity contribution in [1.82, 2.24) is 9.97 Å². The van der Waals surface area contributed by atoms with Crippen LogP contribution in [0.1, 0.15) is 16.1 Å². The fraction of sp³-hybridized carbons (Fsp3) is 0. The van der Waals surface area contributed by atoms with Crippen molar-refractivity contribution in [3.8, 4) is 6.07 Å². The Kier molecular flexibility index (Phi) is 1.71. The van der Waals surface area contributed by atoms with Crippen molar-refractivity contribution in [1.29, 1.82) is 5.26 Å². The summed E-state index contributed by atoms with van der Waals surface area (Å²) < 4.78 is 0. The van der Waals surface area contributed by atoms with Crippen molar-refractivity contribution < 1.29 is 4.79 Å². The topological polar surface area (TPSA) is 66.6 Å². The average molecular weight is 133 g/mol. The van der Waals surface area contributed by atoms with E-state index in [-0.39, 0.29) is 11.3 Å². The van der Waals surface area contributed by atoms with Crippen LogP contribution in [0.3, 0.4) is 0 Å². The second-order valence-electron chi connectivity index (χ2n) is 1.56. The van der Waals surface area contributed by atoms with E-state index in [1.165, 1.54) is 12.5 Å². The molecule has 0 aliphatic rings. The van der Waals surface area contributed by atoms with E-state index in [9.17, 15) is 4.79 Å². The molecule has 10 heavy (non-hydrogen) atoms. The van der Waals surface area contributed by atoms with Crippen LogP contribution in [-0.4, -0.2) is 16.3 Å². The number of carbonyl (C=O) groups excluding carboxylic acids is 1. The summed E-state index contributed by atoms with van der Waals surface area (Å²) >= 11 is 0. The second-order valence-corrected chi connectivity index (χ2v) is 1.56. The van der Waals surface area contributed by atoms with Crippen molar-refractivity contribution in [2.24, 2.45) is 0 Å². The quantitative estimate of drug-likeness (QED) is 0.512. The molecule has 0 fully saturated rings. The van der Waals surface area contributed by atoms with Crippen molar-refractivity contribution in [2.75, 3.05) is 0 Å². The SMILES string of the molecule is N#Cc1ncncc1C=O. The maximum Gasteiger partial charge on any atom is 0.154 e. The lowest BCUT2D eigenvalue weighted by Crippen LogP contribution is -1.91. The van der Waals surface area contributed by atoms with Crippen LogP contribution in [0.4, 0.5) is 0 Å². The number of hydrogen-bond acceptors (Lipinski definition) is 4. The minimum atomic E-state index is 0.116. The van der Waals surface area contributed by atoms with Gasteiger partial charge < -0.3 is 0 Å². The zero-order valence-corrected chi connectivity index (χ0v) is 4.98. The predicted molar refractivity (Wildman–Crippen MR) is 32.1 cm³/mol. The summed E-state index contributed by atoms with van der Waals surface area (Å²) in [6.07, 6.45) is 3.09. The molecule has 0 unspecified atom stereocenters. The molecular weight excluding hydrogens is 130 g/mol. The summed E-state index contributed by atoms with van der Waals surface area (Å²) in [5.41, 5.74) is 0.343. The Morgan fingerprint density at radius 1 is 1.70 bits per heavy atom. The monoisotopic (exact) mass is 133 g/mol. The molecule has 48 valence electrons. The molecule has 4 nitrogen and oxygen atoms in total. The van der Waals surface area contributed by atoms with Gasteiger partial charge in [-0.3, -0.25) is 4.79 Å². The van der Waals surface area contributed by atoms with Gasteiger partial charge in [0.15, 0.2) is 12.0 Å². The number of hydrogen-bond donors (Lipinski definition) is 0. The van der Waals surface area contributed by atoms with Crippen LogP contribution in [0.5, 0.6) is 0 Å². The zero-order valence-electron chi connectivity index (χ0n) is 4.98. The third kappa shape index (κ3) is 0.977. The van der Waals surface area contributed by atoms with Crippen LogP contribution in [0.15, 0.2) is 12.5 Å². The Labute approximate surface area is 57.2 Å². The number of aldehydes is 1. The fourth-order valence-corrected chi connectivity index (χ4v) is 0.520. The first kappa shape index (κ1) is 6.36. The lowest BCUT2D eigenvalue weighted by Gasteiger charge is -1.88. The van der Waals surface area contributed by atoms with Crippen molar-refractivity contribution in [3.63, 3.8) is 0 Å². The van der Waals surface area contributed by atoms with Gasteiger partial charge >= 0.3 is 0 Å². The van der Waals surface area contributed by atoms with E-state index in [0.717, 1.165) is 0 Å². The molecule has 0 radical (unpaired) electrons. The lowest BCUT2D eigenvalue weighted by atomic mass is 10.3. The molecule has 1 aromatic heterocycles. The van der Waals surface area contributed by atoms with Gasteiger partial charge in [0.1, 0.15) is 12.4 Å².